The molecular formula is C20H32BrN3O2. The van der Waals surface area contributed by atoms with Crippen LogP contribution in [0.15, 0.2) is 22.8 Å². The van der Waals surface area contributed by atoms with Crippen molar-refractivity contribution in [2.75, 3.05) is 6.54 Å². The molecule has 5 nitrogen and oxygen atoms in total. The standard InChI is InChI=1S/C20H32BrN3O2/c1-19(2,14-11-20(3,4)24(13-14)18(25)26)9-5-6-16(22)10-17-8-7-15(21)12-23-17/h7-8,12,14,16H,5-6,9-11,13,22H2,1-4H3,(H,25,26)/t14-,16?/m1/s1. The highest BCUT2D eigenvalue weighted by Gasteiger charge is 2.46. The Morgan fingerprint density at radius 2 is 2.19 bits per heavy atom. The van der Waals surface area contributed by atoms with Crippen LogP contribution >= 0.6 is 15.9 Å². The van der Waals surface area contributed by atoms with Gasteiger partial charge in [0.2, 0.25) is 0 Å². The van der Waals surface area contributed by atoms with Crippen molar-refractivity contribution in [1.29, 1.82) is 0 Å². The summed E-state index contributed by atoms with van der Waals surface area (Å²) in [4.78, 5) is 17.5. The molecule has 146 valence electrons. The molecule has 0 saturated carbocycles. The van der Waals surface area contributed by atoms with Crippen LogP contribution in [0.25, 0.3) is 0 Å². The summed E-state index contributed by atoms with van der Waals surface area (Å²) in [7, 11) is 0. The van der Waals surface area contributed by atoms with Crippen LogP contribution in [0, 0.1) is 11.3 Å². The lowest BCUT2D eigenvalue weighted by Gasteiger charge is -2.32. The van der Waals surface area contributed by atoms with E-state index in [0.29, 0.717) is 12.5 Å². The van der Waals surface area contributed by atoms with Crippen molar-refractivity contribution in [2.45, 2.75) is 71.4 Å². The minimum Gasteiger partial charge on any atom is -0.465 e. The van der Waals surface area contributed by atoms with E-state index in [9.17, 15) is 9.90 Å². The fourth-order valence-electron chi connectivity index (χ4n) is 4.03. The maximum absolute atomic E-state index is 11.5. The highest BCUT2D eigenvalue weighted by Crippen LogP contribution is 2.44. The maximum Gasteiger partial charge on any atom is 0.407 e. The Labute approximate surface area is 165 Å². The van der Waals surface area contributed by atoms with Crippen molar-refractivity contribution in [2.24, 2.45) is 17.1 Å². The second-order valence-electron chi connectivity index (χ2n) is 8.92. The summed E-state index contributed by atoms with van der Waals surface area (Å²) >= 11 is 3.39. The smallest absolute Gasteiger partial charge is 0.407 e. The highest BCUT2D eigenvalue weighted by molar-refractivity contribution is 9.10. The molecule has 6 heteroatoms. The summed E-state index contributed by atoms with van der Waals surface area (Å²) in [5, 5.41) is 9.44. The third kappa shape index (κ3) is 5.43. The average Bonchev–Trinajstić information content (AvgIpc) is 2.86. The van der Waals surface area contributed by atoms with E-state index in [2.05, 4.69) is 34.8 Å². The van der Waals surface area contributed by atoms with E-state index in [4.69, 9.17) is 5.73 Å². The zero-order valence-corrected chi connectivity index (χ0v) is 17.9. The molecule has 1 fully saturated rings. The average molecular weight is 426 g/mol. The molecule has 1 aliphatic rings. The molecule has 0 aromatic carbocycles. The fourth-order valence-corrected chi connectivity index (χ4v) is 4.26. The second-order valence-corrected chi connectivity index (χ2v) is 9.84. The topological polar surface area (TPSA) is 79.5 Å². The minimum atomic E-state index is -0.808. The molecule has 1 saturated heterocycles. The van der Waals surface area contributed by atoms with Crippen LogP contribution in [-0.2, 0) is 6.42 Å². The number of likely N-dealkylation sites (tertiary alicyclic amines) is 1. The molecule has 1 aromatic rings. The summed E-state index contributed by atoms with van der Waals surface area (Å²) in [5.41, 5.74) is 7.14. The third-order valence-electron chi connectivity index (χ3n) is 5.87. The first-order valence-corrected chi connectivity index (χ1v) is 10.2. The van der Waals surface area contributed by atoms with E-state index < -0.39 is 6.09 Å². The zero-order chi connectivity index (χ0) is 19.5. The van der Waals surface area contributed by atoms with E-state index >= 15 is 0 Å². The normalized spacial score (nSPS) is 21.0. The molecule has 0 spiro atoms. The number of halogens is 1. The summed E-state index contributed by atoms with van der Waals surface area (Å²) in [6.07, 6.45) is 5.77. The van der Waals surface area contributed by atoms with Gasteiger partial charge in [0.05, 0.1) is 0 Å². The van der Waals surface area contributed by atoms with E-state index in [1.807, 2.05) is 26.0 Å². The van der Waals surface area contributed by atoms with Gasteiger partial charge in [0, 0.05) is 40.9 Å². The SMILES string of the molecule is CC(C)(CCCC(N)Cc1ccc(Br)cn1)[C@H]1CN(C(=O)O)C(C)(C)C1. The van der Waals surface area contributed by atoms with E-state index in [1.165, 1.54) is 0 Å². The molecule has 0 aliphatic carbocycles. The Balaban J connectivity index is 1.82. The van der Waals surface area contributed by atoms with Crippen LogP contribution in [0.4, 0.5) is 4.79 Å². The molecule has 26 heavy (non-hydrogen) atoms. The van der Waals surface area contributed by atoms with Gasteiger partial charge in [0.25, 0.3) is 0 Å². The first kappa shape index (κ1) is 21.2. The molecule has 2 heterocycles. The Bertz CT molecular complexity index is 616. The van der Waals surface area contributed by atoms with Crippen molar-refractivity contribution in [3.8, 4) is 0 Å². The number of nitrogens with zero attached hydrogens (tertiary/aromatic N) is 2. The lowest BCUT2D eigenvalue weighted by Crippen LogP contribution is -2.41. The molecule has 1 aliphatic heterocycles. The zero-order valence-electron chi connectivity index (χ0n) is 16.3. The van der Waals surface area contributed by atoms with Crippen LogP contribution in [0.2, 0.25) is 0 Å². The van der Waals surface area contributed by atoms with Crippen molar-refractivity contribution >= 4 is 22.0 Å². The van der Waals surface area contributed by atoms with Gasteiger partial charge in [-0.1, -0.05) is 20.3 Å². The number of hydrogen-bond donors (Lipinski definition) is 2. The number of carbonyl (C=O) groups is 1. The van der Waals surface area contributed by atoms with Gasteiger partial charge in [-0.3, -0.25) is 4.98 Å². The van der Waals surface area contributed by atoms with Crippen molar-refractivity contribution in [3.05, 3.63) is 28.5 Å². The second kappa shape index (κ2) is 8.26. The molecule has 1 amide bonds. The number of hydrogen-bond acceptors (Lipinski definition) is 3. The third-order valence-corrected chi connectivity index (χ3v) is 6.34. The molecule has 3 N–H and O–H groups in total. The van der Waals surface area contributed by atoms with E-state index in [-0.39, 0.29) is 17.0 Å². The van der Waals surface area contributed by atoms with E-state index in [0.717, 1.165) is 42.3 Å². The summed E-state index contributed by atoms with van der Waals surface area (Å²) in [6.45, 7) is 9.21. The molecule has 2 atom stereocenters. The first-order chi connectivity index (χ1) is 12.0. The highest BCUT2D eigenvalue weighted by atomic mass is 79.9. The van der Waals surface area contributed by atoms with Crippen LogP contribution < -0.4 is 5.73 Å². The Hall–Kier alpha value is -1.14. The van der Waals surface area contributed by atoms with Gasteiger partial charge in [-0.05, 0) is 72.5 Å². The van der Waals surface area contributed by atoms with Gasteiger partial charge in [-0.2, -0.15) is 0 Å². The number of aromatic nitrogens is 1. The van der Waals surface area contributed by atoms with Gasteiger partial charge in [-0.25, -0.2) is 4.79 Å². The summed E-state index contributed by atoms with van der Waals surface area (Å²) in [5.74, 6) is 0.387. The first-order valence-electron chi connectivity index (χ1n) is 9.38. The molecule has 2 rings (SSSR count). The Morgan fingerprint density at radius 3 is 2.73 bits per heavy atom. The molecule has 0 radical (unpaired) electrons. The lowest BCUT2D eigenvalue weighted by molar-refractivity contribution is 0.115. The quantitative estimate of drug-likeness (QED) is 0.663. The van der Waals surface area contributed by atoms with Gasteiger partial charge in [0.1, 0.15) is 0 Å². The van der Waals surface area contributed by atoms with E-state index in [1.54, 1.807) is 11.1 Å². The number of amides is 1. The Kier molecular flexibility index (Phi) is 6.72. The lowest BCUT2D eigenvalue weighted by atomic mass is 9.72. The predicted molar refractivity (Wildman–Crippen MR) is 108 cm³/mol. The van der Waals surface area contributed by atoms with Gasteiger partial charge >= 0.3 is 6.09 Å². The molecule has 1 unspecified atom stereocenters. The summed E-state index contributed by atoms with van der Waals surface area (Å²) in [6, 6.07) is 4.11. The number of rotatable bonds is 7. The van der Waals surface area contributed by atoms with Gasteiger partial charge in [-0.15, -0.1) is 0 Å². The Morgan fingerprint density at radius 1 is 1.50 bits per heavy atom. The minimum absolute atomic E-state index is 0.106. The number of nitrogens with two attached hydrogens (primary N) is 1. The van der Waals surface area contributed by atoms with Crippen LogP contribution in [0.5, 0.6) is 0 Å². The maximum atomic E-state index is 11.5. The molecular weight excluding hydrogens is 394 g/mol. The van der Waals surface area contributed by atoms with Crippen LogP contribution in [0.1, 0.15) is 59.1 Å². The van der Waals surface area contributed by atoms with Crippen LogP contribution in [-0.4, -0.2) is 39.2 Å². The largest absolute Gasteiger partial charge is 0.465 e. The van der Waals surface area contributed by atoms with Crippen LogP contribution in [0.3, 0.4) is 0 Å². The summed E-state index contributed by atoms with van der Waals surface area (Å²) < 4.78 is 0.978. The van der Waals surface area contributed by atoms with Crippen molar-refractivity contribution in [1.82, 2.24) is 9.88 Å². The van der Waals surface area contributed by atoms with Gasteiger partial charge < -0.3 is 15.7 Å². The monoisotopic (exact) mass is 425 g/mol. The number of pyridine rings is 1. The van der Waals surface area contributed by atoms with Crippen molar-refractivity contribution < 1.29 is 9.90 Å². The number of carboxylic acid groups (broad SMARTS) is 1. The molecule has 0 bridgehead atoms. The molecule has 1 aromatic heterocycles. The predicted octanol–water partition coefficient (Wildman–Crippen LogP) is 4.69. The van der Waals surface area contributed by atoms with Crippen molar-refractivity contribution in [3.63, 3.8) is 0 Å². The van der Waals surface area contributed by atoms with Gasteiger partial charge in [0.15, 0.2) is 0 Å². The fraction of sp³-hybridized carbons (Fsp3) is 0.700.